The predicted molar refractivity (Wildman–Crippen MR) is 78.5 cm³/mol. The Balaban J connectivity index is 1.83. The van der Waals surface area contributed by atoms with E-state index in [9.17, 15) is 0 Å². The fourth-order valence-corrected chi connectivity index (χ4v) is 3.56. The van der Waals surface area contributed by atoms with Crippen molar-refractivity contribution < 1.29 is 0 Å². The van der Waals surface area contributed by atoms with Crippen LogP contribution in [0.15, 0.2) is 6.20 Å². The van der Waals surface area contributed by atoms with Gasteiger partial charge in [0.15, 0.2) is 0 Å². The number of nitrogens with zero attached hydrogens (tertiary/aromatic N) is 3. The van der Waals surface area contributed by atoms with Crippen LogP contribution in [0, 0.1) is 6.92 Å². The number of hydrogen-bond donors (Lipinski definition) is 1. The molecule has 106 valence electrons. The van der Waals surface area contributed by atoms with Gasteiger partial charge in [-0.2, -0.15) is 0 Å². The summed E-state index contributed by atoms with van der Waals surface area (Å²) in [6.45, 7) is 4.17. The molecular formula is C15H26N4. The molecule has 4 heteroatoms. The number of aryl methyl sites for hydroxylation is 1. The van der Waals surface area contributed by atoms with E-state index >= 15 is 0 Å². The van der Waals surface area contributed by atoms with Gasteiger partial charge in [0.05, 0.1) is 5.69 Å². The summed E-state index contributed by atoms with van der Waals surface area (Å²) in [5.74, 6) is 1.17. The lowest BCUT2D eigenvalue weighted by Crippen LogP contribution is -2.44. The number of rotatable bonds is 2. The third-order valence-corrected chi connectivity index (χ3v) is 4.54. The highest BCUT2D eigenvalue weighted by atomic mass is 15.3. The van der Waals surface area contributed by atoms with Gasteiger partial charge in [0, 0.05) is 31.4 Å². The molecule has 1 aromatic rings. The maximum Gasteiger partial charge on any atom is 0.206 e. The van der Waals surface area contributed by atoms with Gasteiger partial charge in [-0.3, -0.25) is 0 Å². The topological polar surface area (TPSA) is 47.1 Å². The summed E-state index contributed by atoms with van der Waals surface area (Å²) in [6.07, 6.45) is 11.3. The molecule has 0 radical (unpaired) electrons. The van der Waals surface area contributed by atoms with Gasteiger partial charge >= 0.3 is 0 Å². The summed E-state index contributed by atoms with van der Waals surface area (Å²) in [5.41, 5.74) is 7.26. The first-order valence-corrected chi connectivity index (χ1v) is 7.80. The number of piperidine rings is 1. The maximum absolute atomic E-state index is 6.12. The maximum atomic E-state index is 6.12. The molecular weight excluding hydrogens is 236 g/mol. The molecule has 1 saturated carbocycles. The van der Waals surface area contributed by atoms with Crippen LogP contribution in [-0.2, 0) is 0 Å². The lowest BCUT2D eigenvalue weighted by molar-refractivity contribution is 0.350. The van der Waals surface area contributed by atoms with Crippen molar-refractivity contribution in [2.75, 3.05) is 18.0 Å². The van der Waals surface area contributed by atoms with Crippen LogP contribution in [0.4, 0.5) is 5.95 Å². The smallest absolute Gasteiger partial charge is 0.206 e. The molecule has 3 rings (SSSR count). The molecule has 2 fully saturated rings. The van der Waals surface area contributed by atoms with E-state index in [2.05, 4.69) is 22.6 Å². The number of nitrogens with two attached hydrogens (primary N) is 1. The van der Waals surface area contributed by atoms with Gasteiger partial charge in [0.25, 0.3) is 0 Å². The SMILES string of the molecule is Cc1cn(C2CCCCC2)c(N2CCC[C@@H](N)C2)n1. The van der Waals surface area contributed by atoms with Gasteiger partial charge in [-0.25, -0.2) is 4.98 Å². The molecule has 1 aliphatic heterocycles. The molecule has 0 spiro atoms. The zero-order valence-corrected chi connectivity index (χ0v) is 12.0. The Labute approximate surface area is 116 Å². The Morgan fingerprint density at radius 1 is 1.16 bits per heavy atom. The first kappa shape index (κ1) is 13.0. The van der Waals surface area contributed by atoms with Crippen LogP contribution in [0.5, 0.6) is 0 Å². The highest BCUT2D eigenvalue weighted by Gasteiger charge is 2.25. The normalized spacial score (nSPS) is 25.8. The number of hydrogen-bond acceptors (Lipinski definition) is 3. The van der Waals surface area contributed by atoms with Gasteiger partial charge in [-0.15, -0.1) is 0 Å². The lowest BCUT2D eigenvalue weighted by Gasteiger charge is -2.34. The van der Waals surface area contributed by atoms with Crippen LogP contribution >= 0.6 is 0 Å². The van der Waals surface area contributed by atoms with Gasteiger partial charge in [0.2, 0.25) is 5.95 Å². The minimum atomic E-state index is 0.311. The van der Waals surface area contributed by atoms with Crippen LogP contribution in [0.2, 0.25) is 0 Å². The molecule has 1 aromatic heterocycles. The molecule has 2 heterocycles. The van der Waals surface area contributed by atoms with Crippen LogP contribution in [-0.4, -0.2) is 28.7 Å². The van der Waals surface area contributed by atoms with Gasteiger partial charge in [-0.05, 0) is 32.6 Å². The molecule has 0 aromatic carbocycles. The average Bonchev–Trinajstić information content (AvgIpc) is 2.82. The Kier molecular flexibility index (Phi) is 3.78. The molecule has 2 aliphatic rings. The second kappa shape index (κ2) is 5.53. The Hall–Kier alpha value is -1.03. The van der Waals surface area contributed by atoms with E-state index in [0.29, 0.717) is 12.1 Å². The van der Waals surface area contributed by atoms with E-state index in [-0.39, 0.29) is 0 Å². The first-order valence-electron chi connectivity index (χ1n) is 7.80. The highest BCUT2D eigenvalue weighted by molar-refractivity contribution is 5.35. The first-order chi connectivity index (χ1) is 9.24. The third kappa shape index (κ3) is 2.78. The molecule has 19 heavy (non-hydrogen) atoms. The van der Waals surface area contributed by atoms with Crippen LogP contribution < -0.4 is 10.6 Å². The van der Waals surface area contributed by atoms with Crippen molar-refractivity contribution in [3.8, 4) is 0 Å². The van der Waals surface area contributed by atoms with Crippen molar-refractivity contribution in [1.82, 2.24) is 9.55 Å². The molecule has 0 bridgehead atoms. The van der Waals surface area contributed by atoms with E-state index < -0.39 is 0 Å². The van der Waals surface area contributed by atoms with E-state index in [4.69, 9.17) is 10.7 Å². The van der Waals surface area contributed by atoms with Crippen LogP contribution in [0.1, 0.15) is 56.7 Å². The zero-order valence-electron chi connectivity index (χ0n) is 12.0. The number of anilines is 1. The van der Waals surface area contributed by atoms with Crippen molar-refractivity contribution >= 4 is 5.95 Å². The Morgan fingerprint density at radius 3 is 2.68 bits per heavy atom. The van der Waals surface area contributed by atoms with Crippen molar-refractivity contribution in [3.63, 3.8) is 0 Å². The summed E-state index contributed by atoms with van der Waals surface area (Å²) in [7, 11) is 0. The Morgan fingerprint density at radius 2 is 1.95 bits per heavy atom. The minimum Gasteiger partial charge on any atom is -0.341 e. The molecule has 4 nitrogen and oxygen atoms in total. The van der Waals surface area contributed by atoms with E-state index in [1.165, 1.54) is 44.5 Å². The summed E-state index contributed by atoms with van der Waals surface area (Å²) in [4.78, 5) is 7.18. The third-order valence-electron chi connectivity index (χ3n) is 4.54. The lowest BCUT2D eigenvalue weighted by atomic mass is 9.95. The quantitative estimate of drug-likeness (QED) is 0.891. The zero-order chi connectivity index (χ0) is 13.2. The molecule has 1 saturated heterocycles. The fraction of sp³-hybridized carbons (Fsp3) is 0.800. The number of imidazole rings is 1. The van der Waals surface area contributed by atoms with E-state index in [0.717, 1.165) is 25.2 Å². The minimum absolute atomic E-state index is 0.311. The summed E-state index contributed by atoms with van der Waals surface area (Å²) in [5, 5.41) is 0. The fourth-order valence-electron chi connectivity index (χ4n) is 3.56. The molecule has 0 amide bonds. The summed E-state index contributed by atoms with van der Waals surface area (Å²) >= 11 is 0. The average molecular weight is 262 g/mol. The highest BCUT2D eigenvalue weighted by Crippen LogP contribution is 2.32. The van der Waals surface area contributed by atoms with Crippen LogP contribution in [0.25, 0.3) is 0 Å². The van der Waals surface area contributed by atoms with Gasteiger partial charge in [0.1, 0.15) is 0 Å². The van der Waals surface area contributed by atoms with Crippen molar-refractivity contribution in [2.45, 2.75) is 64.0 Å². The molecule has 1 aliphatic carbocycles. The second-order valence-corrected chi connectivity index (χ2v) is 6.23. The Bertz CT molecular complexity index is 420. The predicted octanol–water partition coefficient (Wildman–Crippen LogP) is 2.62. The molecule has 0 unspecified atom stereocenters. The van der Waals surface area contributed by atoms with Crippen molar-refractivity contribution in [1.29, 1.82) is 0 Å². The standard InChI is InChI=1S/C15H26N4/c1-12-10-19(14-7-3-2-4-8-14)15(17-12)18-9-5-6-13(16)11-18/h10,13-14H,2-9,11,16H2,1H3/t13-/m1/s1. The summed E-state index contributed by atoms with van der Waals surface area (Å²) in [6, 6.07) is 0.966. The monoisotopic (exact) mass is 262 g/mol. The van der Waals surface area contributed by atoms with E-state index in [1.807, 2.05) is 0 Å². The van der Waals surface area contributed by atoms with Gasteiger partial charge < -0.3 is 15.2 Å². The molecule has 1 atom stereocenters. The summed E-state index contributed by atoms with van der Waals surface area (Å²) < 4.78 is 2.44. The molecule has 2 N–H and O–H groups in total. The van der Waals surface area contributed by atoms with Crippen LogP contribution in [0.3, 0.4) is 0 Å². The van der Waals surface area contributed by atoms with Crippen molar-refractivity contribution in [3.05, 3.63) is 11.9 Å². The van der Waals surface area contributed by atoms with Gasteiger partial charge in [-0.1, -0.05) is 19.3 Å². The van der Waals surface area contributed by atoms with E-state index in [1.54, 1.807) is 0 Å². The van der Waals surface area contributed by atoms with Crippen molar-refractivity contribution in [2.24, 2.45) is 5.73 Å². The number of aromatic nitrogens is 2. The largest absolute Gasteiger partial charge is 0.341 e. The second-order valence-electron chi connectivity index (χ2n) is 6.23.